The second-order valence-corrected chi connectivity index (χ2v) is 6.18. The smallest absolute Gasteiger partial charge is 0.335 e. The molecule has 0 saturated carbocycles. The van der Waals surface area contributed by atoms with Crippen molar-refractivity contribution in [2.75, 3.05) is 19.7 Å². The largest absolute Gasteiger partial charge is 0.478 e. The zero-order valence-corrected chi connectivity index (χ0v) is 13.7. The number of carboxylic acid groups (broad SMARTS) is 1. The Morgan fingerprint density at radius 3 is 2.71 bits per heavy atom. The Morgan fingerprint density at radius 1 is 1.29 bits per heavy atom. The summed E-state index contributed by atoms with van der Waals surface area (Å²) in [6, 6.07) is 11.5. The molecule has 1 aliphatic rings. The van der Waals surface area contributed by atoms with Crippen molar-refractivity contribution in [3.63, 3.8) is 0 Å². The monoisotopic (exact) mass is 349 g/mol. The number of nitrogens with zero attached hydrogens (tertiary/aromatic N) is 1. The van der Waals surface area contributed by atoms with Crippen LogP contribution in [0.25, 0.3) is 0 Å². The summed E-state index contributed by atoms with van der Waals surface area (Å²) in [6.07, 6.45) is -0.157. The zero-order valence-electron chi connectivity index (χ0n) is 12.9. The van der Waals surface area contributed by atoms with Gasteiger partial charge in [-0.1, -0.05) is 29.8 Å². The number of hydrogen-bond acceptors (Lipinski definition) is 3. The molecule has 0 radical (unpaired) electrons. The molecule has 1 aliphatic heterocycles. The lowest BCUT2D eigenvalue weighted by atomic mass is 10.1. The van der Waals surface area contributed by atoms with Crippen LogP contribution in [-0.2, 0) is 11.3 Å². The molecular formula is C18H17ClFNO3. The molecule has 0 aliphatic carbocycles. The van der Waals surface area contributed by atoms with Gasteiger partial charge in [0.1, 0.15) is 5.82 Å². The molecule has 126 valence electrons. The van der Waals surface area contributed by atoms with Gasteiger partial charge in [-0.25, -0.2) is 9.18 Å². The summed E-state index contributed by atoms with van der Waals surface area (Å²) < 4.78 is 19.1. The standard InChI is InChI=1S/C18H17ClFNO3/c19-15-9-14(5-6-16(15)20)17-11-21(7-8-24-17)10-12-1-3-13(4-2-12)18(22)23/h1-6,9,17H,7-8,10-11H2,(H,22,23). The Morgan fingerprint density at radius 2 is 2.04 bits per heavy atom. The predicted molar refractivity (Wildman–Crippen MR) is 88.8 cm³/mol. The number of carboxylic acids is 1. The van der Waals surface area contributed by atoms with Gasteiger partial charge in [-0.05, 0) is 35.4 Å². The van der Waals surface area contributed by atoms with Gasteiger partial charge in [-0.2, -0.15) is 0 Å². The van der Waals surface area contributed by atoms with E-state index in [2.05, 4.69) is 4.90 Å². The fourth-order valence-electron chi connectivity index (χ4n) is 2.77. The third kappa shape index (κ3) is 3.93. The van der Waals surface area contributed by atoms with E-state index in [0.717, 1.165) is 17.7 Å². The van der Waals surface area contributed by atoms with Gasteiger partial charge in [0.05, 0.1) is 23.3 Å². The van der Waals surface area contributed by atoms with Crippen LogP contribution in [0, 0.1) is 5.82 Å². The SMILES string of the molecule is O=C(O)c1ccc(CN2CCOC(c3ccc(F)c(Cl)c3)C2)cc1. The molecule has 4 nitrogen and oxygen atoms in total. The third-order valence-corrected chi connectivity index (χ3v) is 4.36. The summed E-state index contributed by atoms with van der Waals surface area (Å²) in [4.78, 5) is 13.1. The van der Waals surface area contributed by atoms with Gasteiger partial charge in [0, 0.05) is 19.6 Å². The van der Waals surface area contributed by atoms with Crippen LogP contribution in [0.5, 0.6) is 0 Å². The lowest BCUT2D eigenvalue weighted by Gasteiger charge is -2.33. The highest BCUT2D eigenvalue weighted by Gasteiger charge is 2.22. The van der Waals surface area contributed by atoms with Crippen LogP contribution in [0.15, 0.2) is 42.5 Å². The third-order valence-electron chi connectivity index (χ3n) is 4.07. The van der Waals surface area contributed by atoms with E-state index in [1.165, 1.54) is 6.07 Å². The average molecular weight is 350 g/mol. The first-order valence-electron chi connectivity index (χ1n) is 7.64. The Hall–Kier alpha value is -1.95. The lowest BCUT2D eigenvalue weighted by Crippen LogP contribution is -2.37. The predicted octanol–water partition coefficient (Wildman–Crippen LogP) is 3.75. The van der Waals surface area contributed by atoms with Gasteiger partial charge in [0.2, 0.25) is 0 Å². The van der Waals surface area contributed by atoms with Gasteiger partial charge in [-0.15, -0.1) is 0 Å². The van der Waals surface area contributed by atoms with Gasteiger partial charge in [-0.3, -0.25) is 4.90 Å². The molecule has 0 spiro atoms. The second-order valence-electron chi connectivity index (χ2n) is 5.77. The number of rotatable bonds is 4. The normalized spacial score (nSPS) is 18.5. The summed E-state index contributed by atoms with van der Waals surface area (Å²) in [5, 5.41) is 9.03. The molecule has 0 aromatic heterocycles. The van der Waals surface area contributed by atoms with Crippen molar-refractivity contribution in [2.45, 2.75) is 12.6 Å². The first-order valence-corrected chi connectivity index (χ1v) is 8.02. The highest BCUT2D eigenvalue weighted by molar-refractivity contribution is 6.30. The van der Waals surface area contributed by atoms with Crippen LogP contribution in [0.1, 0.15) is 27.6 Å². The van der Waals surface area contributed by atoms with Crippen molar-refractivity contribution >= 4 is 17.6 Å². The summed E-state index contributed by atoms with van der Waals surface area (Å²) in [7, 11) is 0. The van der Waals surface area contributed by atoms with Crippen molar-refractivity contribution in [3.05, 3.63) is 70.0 Å². The first-order chi connectivity index (χ1) is 11.5. The Kier molecular flexibility index (Phi) is 5.14. The molecule has 24 heavy (non-hydrogen) atoms. The topological polar surface area (TPSA) is 49.8 Å². The number of aromatic carboxylic acids is 1. The molecule has 1 unspecified atom stereocenters. The van der Waals surface area contributed by atoms with Crippen LogP contribution in [0.4, 0.5) is 4.39 Å². The number of ether oxygens (including phenoxy) is 1. The molecule has 1 saturated heterocycles. The first kappa shape index (κ1) is 16.9. The van der Waals surface area contributed by atoms with E-state index >= 15 is 0 Å². The van der Waals surface area contributed by atoms with Crippen LogP contribution < -0.4 is 0 Å². The fraction of sp³-hybridized carbons (Fsp3) is 0.278. The molecule has 0 bridgehead atoms. The number of carbonyl (C=O) groups is 1. The van der Waals surface area contributed by atoms with Crippen LogP contribution in [0.3, 0.4) is 0 Å². The van der Waals surface area contributed by atoms with E-state index in [-0.39, 0.29) is 16.7 Å². The summed E-state index contributed by atoms with van der Waals surface area (Å²) >= 11 is 5.85. The van der Waals surface area contributed by atoms with E-state index in [9.17, 15) is 9.18 Å². The van der Waals surface area contributed by atoms with E-state index in [0.29, 0.717) is 19.7 Å². The molecule has 2 aromatic rings. The van der Waals surface area contributed by atoms with E-state index in [1.807, 2.05) is 12.1 Å². The minimum atomic E-state index is -0.929. The maximum absolute atomic E-state index is 13.3. The minimum Gasteiger partial charge on any atom is -0.478 e. The summed E-state index contributed by atoms with van der Waals surface area (Å²) in [5.74, 6) is -1.37. The van der Waals surface area contributed by atoms with Gasteiger partial charge in [0.15, 0.2) is 0 Å². The Labute approximate surface area is 144 Å². The lowest BCUT2D eigenvalue weighted by molar-refractivity contribution is -0.0329. The summed E-state index contributed by atoms with van der Waals surface area (Å²) in [5.41, 5.74) is 2.17. The van der Waals surface area contributed by atoms with Crippen molar-refractivity contribution in [2.24, 2.45) is 0 Å². The van der Waals surface area contributed by atoms with E-state index < -0.39 is 11.8 Å². The average Bonchev–Trinajstić information content (AvgIpc) is 2.58. The van der Waals surface area contributed by atoms with E-state index in [4.69, 9.17) is 21.4 Å². The quantitative estimate of drug-likeness (QED) is 0.913. The second kappa shape index (κ2) is 7.30. The van der Waals surface area contributed by atoms with Crippen LogP contribution in [0.2, 0.25) is 5.02 Å². The molecule has 1 heterocycles. The molecule has 0 amide bonds. The summed E-state index contributed by atoms with van der Waals surface area (Å²) in [6.45, 7) is 2.73. The Bertz CT molecular complexity index is 736. The number of hydrogen-bond donors (Lipinski definition) is 1. The molecule has 1 fully saturated rings. The van der Waals surface area contributed by atoms with Gasteiger partial charge < -0.3 is 9.84 Å². The fourth-order valence-corrected chi connectivity index (χ4v) is 2.96. The maximum atomic E-state index is 13.3. The van der Waals surface area contributed by atoms with Crippen molar-refractivity contribution in [3.8, 4) is 0 Å². The van der Waals surface area contributed by atoms with Gasteiger partial charge >= 0.3 is 5.97 Å². The molecular weight excluding hydrogens is 333 g/mol. The number of halogens is 2. The van der Waals surface area contributed by atoms with Crippen molar-refractivity contribution in [1.82, 2.24) is 4.90 Å². The van der Waals surface area contributed by atoms with Crippen LogP contribution in [-0.4, -0.2) is 35.7 Å². The maximum Gasteiger partial charge on any atom is 0.335 e. The molecule has 6 heteroatoms. The number of benzene rings is 2. The zero-order chi connectivity index (χ0) is 17.1. The molecule has 2 aromatic carbocycles. The van der Waals surface area contributed by atoms with Crippen molar-refractivity contribution < 1.29 is 19.0 Å². The number of morpholine rings is 1. The van der Waals surface area contributed by atoms with Gasteiger partial charge in [0.25, 0.3) is 0 Å². The van der Waals surface area contributed by atoms with Crippen LogP contribution >= 0.6 is 11.6 Å². The highest BCUT2D eigenvalue weighted by atomic mass is 35.5. The highest BCUT2D eigenvalue weighted by Crippen LogP contribution is 2.26. The minimum absolute atomic E-state index is 0.0949. The van der Waals surface area contributed by atoms with Crippen molar-refractivity contribution in [1.29, 1.82) is 0 Å². The molecule has 3 rings (SSSR count). The molecule has 1 N–H and O–H groups in total. The van der Waals surface area contributed by atoms with E-state index in [1.54, 1.807) is 24.3 Å². The Balaban J connectivity index is 1.66. The molecule has 1 atom stereocenters.